The fraction of sp³-hybridized carbons (Fsp3) is 0.429. The Labute approximate surface area is 98.0 Å². The van der Waals surface area contributed by atoms with Crippen LogP contribution in [-0.2, 0) is 11.3 Å². The largest absolute Gasteiger partial charge is 0.364 e. The first kappa shape index (κ1) is 12.6. The van der Waals surface area contributed by atoms with Gasteiger partial charge in [0.15, 0.2) is 0 Å². The summed E-state index contributed by atoms with van der Waals surface area (Å²) in [6.07, 6.45) is 0. The minimum Gasteiger partial charge on any atom is -0.364 e. The molecule has 1 rings (SSSR count). The highest BCUT2D eigenvalue weighted by molar-refractivity contribution is 5.13. The van der Waals surface area contributed by atoms with Gasteiger partial charge in [-0.1, -0.05) is 36.3 Å². The molecule has 0 radical (unpaired) electrons. The van der Waals surface area contributed by atoms with E-state index < -0.39 is 0 Å². The number of ether oxygens (including phenoxy) is 1. The van der Waals surface area contributed by atoms with Gasteiger partial charge < -0.3 is 10.1 Å². The van der Waals surface area contributed by atoms with Crippen LogP contribution in [0.2, 0.25) is 0 Å². The van der Waals surface area contributed by atoms with Crippen LogP contribution in [0.25, 0.3) is 0 Å². The van der Waals surface area contributed by atoms with Crippen LogP contribution in [0.1, 0.15) is 26.3 Å². The number of benzene rings is 1. The van der Waals surface area contributed by atoms with Gasteiger partial charge in [-0.25, -0.2) is 0 Å². The Morgan fingerprint density at radius 3 is 2.50 bits per heavy atom. The van der Waals surface area contributed by atoms with Crippen LogP contribution in [-0.4, -0.2) is 12.1 Å². The summed E-state index contributed by atoms with van der Waals surface area (Å²) in [6, 6.07) is 13.0. The van der Waals surface area contributed by atoms with Gasteiger partial charge in [-0.15, -0.1) is 0 Å². The molecule has 16 heavy (non-hydrogen) atoms. The monoisotopic (exact) mass is 217 g/mol. The Morgan fingerprint density at radius 2 is 1.88 bits per heavy atom. The summed E-state index contributed by atoms with van der Waals surface area (Å²) in [5.74, 6) is 2.93. The molecule has 0 bridgehead atoms. The van der Waals surface area contributed by atoms with E-state index in [0.717, 1.165) is 0 Å². The Hall–Kier alpha value is -1.46. The predicted molar refractivity (Wildman–Crippen MR) is 66.8 cm³/mol. The zero-order chi connectivity index (χ0) is 11.9. The molecule has 0 aromatic heterocycles. The molecule has 1 aromatic carbocycles. The molecule has 0 aliphatic rings. The van der Waals surface area contributed by atoms with Gasteiger partial charge >= 0.3 is 0 Å². The van der Waals surface area contributed by atoms with Crippen molar-refractivity contribution in [1.82, 2.24) is 5.32 Å². The minimum atomic E-state index is 0.0342. The first-order valence-corrected chi connectivity index (χ1v) is 5.45. The van der Waals surface area contributed by atoms with Crippen LogP contribution in [0, 0.1) is 12.0 Å². The van der Waals surface area contributed by atoms with Crippen molar-refractivity contribution in [1.29, 1.82) is 0 Å². The fourth-order valence-electron chi connectivity index (χ4n) is 1.06. The van der Waals surface area contributed by atoms with Gasteiger partial charge in [0.05, 0.1) is 6.61 Å². The van der Waals surface area contributed by atoms with Crippen LogP contribution < -0.4 is 5.32 Å². The lowest BCUT2D eigenvalue weighted by Crippen LogP contribution is -2.31. The van der Waals surface area contributed by atoms with Crippen LogP contribution in [0.3, 0.4) is 0 Å². The molecule has 2 nitrogen and oxygen atoms in total. The van der Waals surface area contributed by atoms with E-state index in [4.69, 9.17) is 4.74 Å². The summed E-state index contributed by atoms with van der Waals surface area (Å²) in [6.45, 7) is 7.30. The maximum Gasteiger partial charge on any atom is 0.109 e. The third-order valence-electron chi connectivity index (χ3n) is 1.81. The molecule has 1 aromatic rings. The second-order valence-corrected chi connectivity index (χ2v) is 4.66. The fourth-order valence-corrected chi connectivity index (χ4v) is 1.06. The van der Waals surface area contributed by atoms with E-state index in [9.17, 15) is 0 Å². The second kappa shape index (κ2) is 6.19. The van der Waals surface area contributed by atoms with Gasteiger partial charge in [-0.3, -0.25) is 0 Å². The lowest BCUT2D eigenvalue weighted by atomic mass is 10.1. The van der Waals surface area contributed by atoms with E-state index >= 15 is 0 Å². The maximum absolute atomic E-state index is 5.42. The van der Waals surface area contributed by atoms with E-state index in [2.05, 4.69) is 38.1 Å². The van der Waals surface area contributed by atoms with E-state index in [1.807, 2.05) is 30.3 Å². The zero-order valence-corrected chi connectivity index (χ0v) is 10.2. The van der Waals surface area contributed by atoms with Gasteiger partial charge in [-0.05, 0) is 26.3 Å². The molecule has 2 heteroatoms. The Balaban J connectivity index is 2.17. The Bertz CT molecular complexity index is 354. The van der Waals surface area contributed by atoms with Crippen molar-refractivity contribution < 1.29 is 4.74 Å². The van der Waals surface area contributed by atoms with Gasteiger partial charge in [0.25, 0.3) is 0 Å². The van der Waals surface area contributed by atoms with Crippen molar-refractivity contribution >= 4 is 0 Å². The van der Waals surface area contributed by atoms with Crippen LogP contribution in [0.5, 0.6) is 0 Å². The highest BCUT2D eigenvalue weighted by Crippen LogP contribution is 1.99. The SMILES string of the molecule is CC(C)(C)NC#CCOCc1ccccc1. The second-order valence-electron chi connectivity index (χ2n) is 4.66. The van der Waals surface area contributed by atoms with Gasteiger partial charge in [0, 0.05) is 11.6 Å². The van der Waals surface area contributed by atoms with Crippen molar-refractivity contribution in [2.24, 2.45) is 0 Å². The summed E-state index contributed by atoms with van der Waals surface area (Å²) >= 11 is 0. The molecule has 1 N–H and O–H groups in total. The zero-order valence-electron chi connectivity index (χ0n) is 10.2. The normalized spacial score (nSPS) is 10.4. The topological polar surface area (TPSA) is 21.3 Å². The maximum atomic E-state index is 5.42. The van der Waals surface area contributed by atoms with Crippen LogP contribution in [0.4, 0.5) is 0 Å². The number of hydrogen-bond donors (Lipinski definition) is 1. The molecule has 0 saturated carbocycles. The van der Waals surface area contributed by atoms with E-state index in [-0.39, 0.29) is 5.54 Å². The molecule has 86 valence electrons. The smallest absolute Gasteiger partial charge is 0.109 e. The lowest BCUT2D eigenvalue weighted by molar-refractivity contribution is 0.153. The summed E-state index contributed by atoms with van der Waals surface area (Å²) in [5, 5.41) is 3.08. The van der Waals surface area contributed by atoms with Crippen molar-refractivity contribution in [2.45, 2.75) is 32.9 Å². The van der Waals surface area contributed by atoms with Gasteiger partial charge in [-0.2, -0.15) is 0 Å². The first-order valence-electron chi connectivity index (χ1n) is 5.45. The van der Waals surface area contributed by atoms with Gasteiger partial charge in [0.1, 0.15) is 6.61 Å². The van der Waals surface area contributed by atoms with Crippen molar-refractivity contribution in [3.05, 3.63) is 35.9 Å². The van der Waals surface area contributed by atoms with Crippen molar-refractivity contribution in [3.63, 3.8) is 0 Å². The van der Waals surface area contributed by atoms with Crippen molar-refractivity contribution in [3.8, 4) is 12.0 Å². The van der Waals surface area contributed by atoms with Crippen LogP contribution >= 0.6 is 0 Å². The molecule has 0 fully saturated rings. The Kier molecular flexibility index (Phi) is 4.88. The van der Waals surface area contributed by atoms with E-state index in [1.165, 1.54) is 5.56 Å². The molecule has 0 saturated heterocycles. The number of rotatable bonds is 3. The predicted octanol–water partition coefficient (Wildman–Crippen LogP) is 2.55. The standard InChI is InChI=1S/C14H19NO/c1-14(2,3)15-10-7-11-16-12-13-8-5-4-6-9-13/h4-6,8-9,15H,11-12H2,1-3H3. The number of nitrogens with one attached hydrogen (secondary N) is 1. The molecule has 0 aliphatic carbocycles. The lowest BCUT2D eigenvalue weighted by Gasteiger charge is -2.15. The first-order chi connectivity index (χ1) is 7.58. The van der Waals surface area contributed by atoms with E-state index in [1.54, 1.807) is 0 Å². The molecular formula is C14H19NO. The summed E-state index contributed by atoms with van der Waals surface area (Å²) in [5.41, 5.74) is 1.21. The molecule has 0 spiro atoms. The van der Waals surface area contributed by atoms with Crippen molar-refractivity contribution in [2.75, 3.05) is 6.61 Å². The average molecular weight is 217 g/mol. The minimum absolute atomic E-state index is 0.0342. The average Bonchev–Trinajstić information content (AvgIpc) is 2.23. The molecule has 0 amide bonds. The number of hydrogen-bond acceptors (Lipinski definition) is 2. The highest BCUT2D eigenvalue weighted by atomic mass is 16.5. The third kappa shape index (κ3) is 6.10. The molecule has 0 atom stereocenters. The highest BCUT2D eigenvalue weighted by Gasteiger charge is 2.04. The quantitative estimate of drug-likeness (QED) is 0.477. The third-order valence-corrected chi connectivity index (χ3v) is 1.81. The molecule has 0 unspecified atom stereocenters. The van der Waals surface area contributed by atoms with Gasteiger partial charge in [0.2, 0.25) is 0 Å². The summed E-state index contributed by atoms with van der Waals surface area (Å²) in [4.78, 5) is 0. The summed E-state index contributed by atoms with van der Waals surface area (Å²) in [7, 11) is 0. The summed E-state index contributed by atoms with van der Waals surface area (Å²) < 4.78 is 5.42. The molecule has 0 aliphatic heterocycles. The molecular weight excluding hydrogens is 198 g/mol. The molecule has 0 heterocycles. The van der Waals surface area contributed by atoms with E-state index in [0.29, 0.717) is 13.2 Å². The van der Waals surface area contributed by atoms with Crippen LogP contribution in [0.15, 0.2) is 30.3 Å². The Morgan fingerprint density at radius 1 is 1.19 bits per heavy atom.